The third-order valence-electron chi connectivity index (χ3n) is 3.64. The van der Waals surface area contributed by atoms with Gasteiger partial charge in [-0.1, -0.05) is 12.1 Å². The number of halogens is 1. The topological polar surface area (TPSA) is 24.9 Å². The van der Waals surface area contributed by atoms with Gasteiger partial charge in [0.2, 0.25) is 0 Å². The number of fused-ring (bicyclic) bond motifs is 1. The Morgan fingerprint density at radius 3 is 3.00 bits per heavy atom. The van der Waals surface area contributed by atoms with Crippen LogP contribution in [-0.4, -0.2) is 18.1 Å². The SMILES string of the molecule is Cc1ncccc1C1=C[C@@H]2CNC[C@@H]2C1.Cl. The highest BCUT2D eigenvalue weighted by atomic mass is 35.5. The van der Waals surface area contributed by atoms with Gasteiger partial charge in [-0.15, -0.1) is 12.4 Å². The van der Waals surface area contributed by atoms with E-state index in [1.54, 1.807) is 0 Å². The summed E-state index contributed by atoms with van der Waals surface area (Å²) >= 11 is 0. The summed E-state index contributed by atoms with van der Waals surface area (Å²) < 4.78 is 0. The van der Waals surface area contributed by atoms with Crippen molar-refractivity contribution in [1.82, 2.24) is 10.3 Å². The summed E-state index contributed by atoms with van der Waals surface area (Å²) in [6, 6.07) is 4.23. The van der Waals surface area contributed by atoms with Crippen molar-refractivity contribution in [3.8, 4) is 0 Å². The van der Waals surface area contributed by atoms with Crippen LogP contribution in [0.4, 0.5) is 0 Å². The highest BCUT2D eigenvalue weighted by molar-refractivity contribution is 5.85. The molecule has 3 rings (SSSR count). The Bertz CT molecular complexity index is 414. The summed E-state index contributed by atoms with van der Waals surface area (Å²) in [6.07, 6.45) is 5.55. The minimum atomic E-state index is 0. The van der Waals surface area contributed by atoms with Crippen LogP contribution in [0.5, 0.6) is 0 Å². The second-order valence-electron chi connectivity index (χ2n) is 4.61. The molecule has 2 heterocycles. The number of rotatable bonds is 1. The van der Waals surface area contributed by atoms with Crippen molar-refractivity contribution < 1.29 is 0 Å². The Morgan fingerprint density at radius 2 is 2.25 bits per heavy atom. The highest BCUT2D eigenvalue weighted by Gasteiger charge is 2.32. The molecule has 1 aliphatic carbocycles. The average Bonchev–Trinajstić information content (AvgIpc) is 2.77. The molecule has 2 nitrogen and oxygen atoms in total. The Kier molecular flexibility index (Phi) is 3.31. The maximum absolute atomic E-state index is 4.36. The minimum absolute atomic E-state index is 0. The van der Waals surface area contributed by atoms with Crippen LogP contribution in [0.15, 0.2) is 24.4 Å². The molecule has 1 aromatic rings. The van der Waals surface area contributed by atoms with Crippen LogP contribution in [0.1, 0.15) is 17.7 Å². The summed E-state index contributed by atoms with van der Waals surface area (Å²) in [4.78, 5) is 4.36. The van der Waals surface area contributed by atoms with Gasteiger partial charge in [0.1, 0.15) is 0 Å². The van der Waals surface area contributed by atoms with Crippen LogP contribution >= 0.6 is 12.4 Å². The van der Waals surface area contributed by atoms with Crippen molar-refractivity contribution in [3.05, 3.63) is 35.7 Å². The molecule has 0 bridgehead atoms. The number of nitrogens with zero attached hydrogens (tertiary/aromatic N) is 1. The van der Waals surface area contributed by atoms with Gasteiger partial charge in [-0.25, -0.2) is 0 Å². The fraction of sp³-hybridized carbons (Fsp3) is 0.462. The van der Waals surface area contributed by atoms with Gasteiger partial charge in [0.05, 0.1) is 0 Å². The maximum Gasteiger partial charge on any atom is 0.0447 e. The minimum Gasteiger partial charge on any atom is -0.316 e. The molecule has 1 aromatic heterocycles. The largest absolute Gasteiger partial charge is 0.316 e. The molecule has 1 N–H and O–H groups in total. The third kappa shape index (κ3) is 1.87. The van der Waals surface area contributed by atoms with Crippen LogP contribution in [-0.2, 0) is 0 Å². The molecule has 1 fully saturated rings. The number of hydrogen-bond acceptors (Lipinski definition) is 2. The zero-order valence-electron chi connectivity index (χ0n) is 9.44. The van der Waals surface area contributed by atoms with Gasteiger partial charge in [0.15, 0.2) is 0 Å². The van der Waals surface area contributed by atoms with Crippen molar-refractivity contribution in [3.63, 3.8) is 0 Å². The molecule has 0 aromatic carbocycles. The smallest absolute Gasteiger partial charge is 0.0447 e. The standard InChI is InChI=1S/C13H16N2.ClH/c1-9-13(3-2-4-15-9)10-5-11-7-14-8-12(11)6-10;/h2-5,11-12,14H,6-8H2,1H3;1H/t11-,12+;/m1./s1. The quantitative estimate of drug-likeness (QED) is 0.810. The molecule has 16 heavy (non-hydrogen) atoms. The number of nitrogens with one attached hydrogen (secondary N) is 1. The van der Waals surface area contributed by atoms with E-state index < -0.39 is 0 Å². The number of aromatic nitrogens is 1. The van der Waals surface area contributed by atoms with Crippen LogP contribution in [0.3, 0.4) is 0 Å². The molecule has 3 heteroatoms. The van der Waals surface area contributed by atoms with Gasteiger partial charge in [0.25, 0.3) is 0 Å². The lowest BCUT2D eigenvalue weighted by atomic mass is 9.98. The molecule has 1 saturated heterocycles. The Hall–Kier alpha value is -0.860. The number of aryl methyl sites for hydroxylation is 1. The van der Waals surface area contributed by atoms with Gasteiger partial charge in [-0.05, 0) is 48.9 Å². The van der Waals surface area contributed by atoms with E-state index in [-0.39, 0.29) is 12.4 Å². The average molecular weight is 237 g/mol. The van der Waals surface area contributed by atoms with Gasteiger partial charge < -0.3 is 5.32 Å². The zero-order chi connectivity index (χ0) is 10.3. The Labute approximate surface area is 103 Å². The van der Waals surface area contributed by atoms with E-state index in [1.165, 1.54) is 24.1 Å². The van der Waals surface area contributed by atoms with Crippen molar-refractivity contribution in [2.24, 2.45) is 11.8 Å². The van der Waals surface area contributed by atoms with Gasteiger partial charge in [-0.2, -0.15) is 0 Å². The summed E-state index contributed by atoms with van der Waals surface area (Å²) in [5.74, 6) is 1.60. The number of hydrogen-bond donors (Lipinski definition) is 1. The summed E-state index contributed by atoms with van der Waals surface area (Å²) in [5, 5.41) is 3.45. The van der Waals surface area contributed by atoms with Crippen molar-refractivity contribution in [2.75, 3.05) is 13.1 Å². The predicted molar refractivity (Wildman–Crippen MR) is 68.7 cm³/mol. The molecule has 0 amide bonds. The third-order valence-corrected chi connectivity index (χ3v) is 3.64. The molecular weight excluding hydrogens is 220 g/mol. The lowest BCUT2D eigenvalue weighted by molar-refractivity contribution is 0.536. The molecule has 0 spiro atoms. The first-order valence-corrected chi connectivity index (χ1v) is 5.68. The lowest BCUT2D eigenvalue weighted by Gasteiger charge is -2.08. The van der Waals surface area contributed by atoms with E-state index in [9.17, 15) is 0 Å². The molecule has 0 radical (unpaired) electrons. The molecule has 0 saturated carbocycles. The second kappa shape index (κ2) is 4.56. The van der Waals surface area contributed by atoms with Crippen molar-refractivity contribution >= 4 is 18.0 Å². The Balaban J connectivity index is 0.000000963. The van der Waals surface area contributed by atoms with Gasteiger partial charge >= 0.3 is 0 Å². The Morgan fingerprint density at radius 1 is 1.38 bits per heavy atom. The van der Waals surface area contributed by atoms with Gasteiger partial charge in [-0.3, -0.25) is 4.98 Å². The normalized spacial score (nSPS) is 27.2. The summed E-state index contributed by atoms with van der Waals surface area (Å²) in [7, 11) is 0. The van der Waals surface area contributed by atoms with Crippen molar-refractivity contribution in [2.45, 2.75) is 13.3 Å². The van der Waals surface area contributed by atoms with Gasteiger partial charge in [0, 0.05) is 18.4 Å². The van der Waals surface area contributed by atoms with Crippen LogP contribution in [0.25, 0.3) is 5.57 Å². The van der Waals surface area contributed by atoms with E-state index in [0.29, 0.717) is 0 Å². The van der Waals surface area contributed by atoms with Crippen molar-refractivity contribution in [1.29, 1.82) is 0 Å². The number of allylic oxidation sites excluding steroid dienone is 1. The molecular formula is C13H17ClN2. The van der Waals surface area contributed by atoms with Crippen LogP contribution < -0.4 is 5.32 Å². The highest BCUT2D eigenvalue weighted by Crippen LogP contribution is 2.38. The molecule has 2 atom stereocenters. The first kappa shape index (κ1) is 11.6. The summed E-state index contributed by atoms with van der Waals surface area (Å²) in [5.41, 5.74) is 4.03. The van der Waals surface area contributed by atoms with E-state index in [0.717, 1.165) is 24.1 Å². The first-order valence-electron chi connectivity index (χ1n) is 5.68. The van der Waals surface area contributed by atoms with E-state index in [1.807, 2.05) is 12.3 Å². The monoisotopic (exact) mass is 236 g/mol. The fourth-order valence-corrected chi connectivity index (χ4v) is 2.80. The predicted octanol–water partition coefficient (Wildman–Crippen LogP) is 2.43. The zero-order valence-corrected chi connectivity index (χ0v) is 10.3. The maximum atomic E-state index is 4.36. The van der Waals surface area contributed by atoms with E-state index in [2.05, 4.69) is 29.4 Å². The van der Waals surface area contributed by atoms with E-state index >= 15 is 0 Å². The first-order chi connectivity index (χ1) is 7.34. The van der Waals surface area contributed by atoms with E-state index in [4.69, 9.17) is 0 Å². The molecule has 0 unspecified atom stereocenters. The van der Waals surface area contributed by atoms with Crippen LogP contribution in [0.2, 0.25) is 0 Å². The number of pyridine rings is 1. The summed E-state index contributed by atoms with van der Waals surface area (Å²) in [6.45, 7) is 4.44. The fourth-order valence-electron chi connectivity index (χ4n) is 2.80. The van der Waals surface area contributed by atoms with Crippen LogP contribution in [0, 0.1) is 18.8 Å². The lowest BCUT2D eigenvalue weighted by Crippen LogP contribution is -2.09. The second-order valence-corrected chi connectivity index (χ2v) is 4.61. The molecule has 1 aliphatic heterocycles. The molecule has 2 aliphatic rings. The molecule has 86 valence electrons.